The van der Waals surface area contributed by atoms with Crippen molar-refractivity contribution < 1.29 is 14.0 Å². The summed E-state index contributed by atoms with van der Waals surface area (Å²) >= 11 is 3.10. The minimum absolute atomic E-state index is 0.0161. The molecule has 5 nitrogen and oxygen atoms in total. The fraction of sp³-hybridized carbons (Fsp3) is 0.448. The van der Waals surface area contributed by atoms with Crippen molar-refractivity contribution in [2.45, 2.75) is 62.0 Å². The van der Waals surface area contributed by atoms with E-state index in [9.17, 15) is 9.59 Å². The molecular weight excluding hydrogens is 488 g/mol. The molecule has 4 fully saturated rings. The van der Waals surface area contributed by atoms with Crippen LogP contribution >= 0.6 is 23.1 Å². The lowest BCUT2D eigenvalue weighted by molar-refractivity contribution is -0.124. The third-order valence-electron chi connectivity index (χ3n) is 8.06. The zero-order valence-corrected chi connectivity index (χ0v) is 22.0. The summed E-state index contributed by atoms with van der Waals surface area (Å²) in [6.07, 6.45) is 9.16. The van der Waals surface area contributed by atoms with Crippen molar-refractivity contribution in [2.24, 2.45) is 17.8 Å². The first-order chi connectivity index (χ1) is 17.6. The van der Waals surface area contributed by atoms with E-state index in [2.05, 4.69) is 5.32 Å². The van der Waals surface area contributed by atoms with Crippen LogP contribution in [0, 0.1) is 17.8 Å². The second-order valence-corrected chi connectivity index (χ2v) is 12.9. The number of nitrogens with zero attached hydrogens (tertiary/aromatic N) is 1. The number of thioether (sulfide) groups is 1. The molecule has 0 radical (unpaired) electrons. The Morgan fingerprint density at radius 2 is 1.72 bits per heavy atom. The second kappa shape index (κ2) is 10.1. The summed E-state index contributed by atoms with van der Waals surface area (Å²) in [5, 5.41) is 5.48. The van der Waals surface area contributed by atoms with Crippen molar-refractivity contribution in [2.75, 3.05) is 5.75 Å². The second-order valence-electron chi connectivity index (χ2n) is 10.9. The maximum atomic E-state index is 13.7. The molecule has 0 unspecified atom stereocenters. The lowest BCUT2D eigenvalue weighted by atomic mass is 9.53. The molecule has 2 heterocycles. The minimum Gasteiger partial charge on any atom is -0.467 e. The van der Waals surface area contributed by atoms with Crippen LogP contribution in [0.3, 0.4) is 0 Å². The summed E-state index contributed by atoms with van der Waals surface area (Å²) in [6.45, 7) is 0.915. The Balaban J connectivity index is 1.14. The average molecular weight is 521 g/mol. The van der Waals surface area contributed by atoms with Gasteiger partial charge in [-0.15, -0.1) is 23.1 Å². The lowest BCUT2D eigenvalue weighted by Crippen LogP contribution is -2.60. The van der Waals surface area contributed by atoms with Crippen molar-refractivity contribution >= 4 is 34.9 Å². The maximum Gasteiger partial charge on any atom is 0.255 e. The molecule has 1 N–H and O–H groups in total. The molecule has 4 aliphatic rings. The van der Waals surface area contributed by atoms with E-state index in [0.29, 0.717) is 24.4 Å². The van der Waals surface area contributed by atoms with Crippen LogP contribution in [0.5, 0.6) is 0 Å². The number of carbonyl (C=O) groups is 2. The molecule has 0 aliphatic heterocycles. The molecule has 3 aromatic rings. The number of carbonyl (C=O) groups excluding carboxylic acids is 2. The molecule has 7 rings (SSSR count). The zero-order valence-electron chi connectivity index (χ0n) is 20.4. The SMILES string of the molecule is O=C(CSc1ccccc1C(=O)N(Cc1ccco1)Cc1cccs1)NC12CC3CC(CC(C3)C1)C2. The van der Waals surface area contributed by atoms with Gasteiger partial charge in [0.1, 0.15) is 5.76 Å². The van der Waals surface area contributed by atoms with Gasteiger partial charge in [0.2, 0.25) is 5.91 Å². The van der Waals surface area contributed by atoms with Crippen LogP contribution in [0.25, 0.3) is 0 Å². The van der Waals surface area contributed by atoms with Crippen molar-refractivity contribution in [1.82, 2.24) is 10.2 Å². The number of furan rings is 1. The summed E-state index contributed by atoms with van der Waals surface area (Å²) in [4.78, 5) is 30.6. The van der Waals surface area contributed by atoms with Crippen molar-refractivity contribution in [3.05, 3.63) is 76.4 Å². The van der Waals surface area contributed by atoms with Gasteiger partial charge in [-0.05, 0) is 92.0 Å². The van der Waals surface area contributed by atoms with Gasteiger partial charge >= 0.3 is 0 Å². The lowest BCUT2D eigenvalue weighted by Gasteiger charge is -2.56. The molecule has 1 aromatic carbocycles. The van der Waals surface area contributed by atoms with Gasteiger partial charge in [0, 0.05) is 15.3 Å². The van der Waals surface area contributed by atoms with E-state index >= 15 is 0 Å². The maximum absolute atomic E-state index is 13.7. The summed E-state index contributed by atoms with van der Waals surface area (Å²) in [5.41, 5.74) is 0.649. The van der Waals surface area contributed by atoms with E-state index in [-0.39, 0.29) is 17.4 Å². The smallest absolute Gasteiger partial charge is 0.255 e. The third kappa shape index (κ3) is 5.14. The summed E-state index contributed by atoms with van der Waals surface area (Å²) in [7, 11) is 0. The number of amides is 2. The standard InChI is InChI=1S/C29H32N2O3S2/c32-27(30-29-14-20-11-21(15-29)13-22(12-20)16-29)19-36-26-8-2-1-7-25(26)28(33)31(17-23-5-3-9-34-23)18-24-6-4-10-35-24/h1-10,20-22H,11-19H2,(H,30,32). The Morgan fingerprint density at radius 3 is 2.39 bits per heavy atom. The summed E-state index contributed by atoms with van der Waals surface area (Å²) < 4.78 is 5.54. The molecule has 2 amide bonds. The predicted molar refractivity (Wildman–Crippen MR) is 143 cm³/mol. The molecule has 7 heteroatoms. The minimum atomic E-state index is -0.0515. The molecule has 0 atom stereocenters. The fourth-order valence-corrected chi connectivity index (χ4v) is 8.62. The number of rotatable bonds is 9. The Morgan fingerprint density at radius 1 is 0.972 bits per heavy atom. The Kier molecular flexibility index (Phi) is 6.69. The molecular formula is C29H32N2O3S2. The Hall–Kier alpha value is -2.51. The highest BCUT2D eigenvalue weighted by Gasteiger charge is 2.51. The highest BCUT2D eigenvalue weighted by atomic mass is 32.2. The van der Waals surface area contributed by atoms with Crippen LogP contribution in [-0.2, 0) is 17.9 Å². The molecule has 4 aliphatic carbocycles. The number of hydrogen-bond donors (Lipinski definition) is 1. The highest BCUT2D eigenvalue weighted by Crippen LogP contribution is 2.55. The zero-order chi connectivity index (χ0) is 24.5. The molecule has 36 heavy (non-hydrogen) atoms. The van der Waals surface area contributed by atoms with Crippen LogP contribution in [0.1, 0.15) is 59.5 Å². The van der Waals surface area contributed by atoms with Gasteiger partial charge in [-0.25, -0.2) is 0 Å². The van der Waals surface area contributed by atoms with Gasteiger partial charge in [0.05, 0.1) is 30.7 Å². The van der Waals surface area contributed by atoms with Crippen LogP contribution in [0.4, 0.5) is 0 Å². The first-order valence-electron chi connectivity index (χ1n) is 12.9. The fourth-order valence-electron chi connectivity index (χ4n) is 7.06. The summed E-state index contributed by atoms with van der Waals surface area (Å²) in [5.74, 6) is 3.51. The van der Waals surface area contributed by atoms with Gasteiger partial charge in [0.15, 0.2) is 0 Å². The Labute approximate surface area is 220 Å². The molecule has 0 saturated heterocycles. The van der Waals surface area contributed by atoms with Crippen molar-refractivity contribution in [1.29, 1.82) is 0 Å². The van der Waals surface area contributed by atoms with E-state index < -0.39 is 0 Å². The largest absolute Gasteiger partial charge is 0.467 e. The average Bonchev–Trinajstić information content (AvgIpc) is 3.55. The third-order valence-corrected chi connectivity index (χ3v) is 9.99. The van der Waals surface area contributed by atoms with E-state index in [4.69, 9.17) is 4.42 Å². The molecule has 188 valence electrons. The van der Waals surface area contributed by atoms with E-state index in [0.717, 1.165) is 52.5 Å². The Bertz CT molecular complexity index is 1130. The highest BCUT2D eigenvalue weighted by molar-refractivity contribution is 8.00. The number of nitrogens with one attached hydrogen (secondary N) is 1. The van der Waals surface area contributed by atoms with Gasteiger partial charge < -0.3 is 14.6 Å². The van der Waals surface area contributed by atoms with Gasteiger partial charge in [-0.3, -0.25) is 9.59 Å². The van der Waals surface area contributed by atoms with Crippen LogP contribution in [0.15, 0.2) is 69.5 Å². The number of hydrogen-bond acceptors (Lipinski definition) is 5. The summed E-state index contributed by atoms with van der Waals surface area (Å²) in [6, 6.07) is 15.4. The van der Waals surface area contributed by atoms with Crippen LogP contribution in [-0.4, -0.2) is 28.0 Å². The molecule has 2 aromatic heterocycles. The quantitative estimate of drug-likeness (QED) is 0.334. The predicted octanol–water partition coefficient (Wildman–Crippen LogP) is 6.36. The number of thiophene rings is 1. The van der Waals surface area contributed by atoms with E-state index in [1.54, 1.807) is 17.6 Å². The van der Waals surface area contributed by atoms with Gasteiger partial charge in [-0.2, -0.15) is 0 Å². The van der Waals surface area contributed by atoms with E-state index in [1.165, 1.54) is 31.0 Å². The monoisotopic (exact) mass is 520 g/mol. The van der Waals surface area contributed by atoms with Crippen molar-refractivity contribution in [3.63, 3.8) is 0 Å². The van der Waals surface area contributed by atoms with Crippen LogP contribution < -0.4 is 5.32 Å². The first kappa shape index (κ1) is 23.9. The van der Waals surface area contributed by atoms with Gasteiger partial charge in [0.25, 0.3) is 5.91 Å². The molecule has 4 bridgehead atoms. The van der Waals surface area contributed by atoms with Gasteiger partial charge in [-0.1, -0.05) is 18.2 Å². The normalized spacial score (nSPS) is 26.2. The van der Waals surface area contributed by atoms with Crippen molar-refractivity contribution in [3.8, 4) is 0 Å². The van der Waals surface area contributed by atoms with E-state index in [1.807, 2.05) is 58.8 Å². The van der Waals surface area contributed by atoms with Crippen LogP contribution in [0.2, 0.25) is 0 Å². The first-order valence-corrected chi connectivity index (χ1v) is 14.8. The molecule has 0 spiro atoms. The topological polar surface area (TPSA) is 62.6 Å². The number of benzene rings is 1. The molecule has 4 saturated carbocycles.